The number of urea groups is 1. The van der Waals surface area contributed by atoms with Crippen LogP contribution in [0.5, 0.6) is 0 Å². The number of piperidine rings is 1. The van der Waals surface area contributed by atoms with Crippen LogP contribution in [0.25, 0.3) is 0 Å². The smallest absolute Gasteiger partial charge is 0.323 e. The van der Waals surface area contributed by atoms with Crippen LogP contribution >= 0.6 is 11.6 Å². The zero-order valence-corrected chi connectivity index (χ0v) is 21.4. The maximum Gasteiger partial charge on any atom is 0.323 e. The van der Waals surface area contributed by atoms with Crippen molar-refractivity contribution in [2.75, 3.05) is 59.5 Å². The van der Waals surface area contributed by atoms with Crippen LogP contribution in [0, 0.1) is 0 Å². The van der Waals surface area contributed by atoms with Crippen molar-refractivity contribution in [1.29, 1.82) is 0 Å². The predicted molar refractivity (Wildman–Crippen MR) is 147 cm³/mol. The van der Waals surface area contributed by atoms with Gasteiger partial charge in [0.05, 0.1) is 0 Å². The molecule has 0 radical (unpaired) electrons. The summed E-state index contributed by atoms with van der Waals surface area (Å²) in [6, 6.07) is 14.6. The van der Waals surface area contributed by atoms with Crippen molar-refractivity contribution in [3.63, 3.8) is 0 Å². The van der Waals surface area contributed by atoms with Crippen LogP contribution in [-0.2, 0) is 4.79 Å². The van der Waals surface area contributed by atoms with Crippen molar-refractivity contribution in [3.8, 4) is 0 Å². The van der Waals surface area contributed by atoms with E-state index in [1.807, 2.05) is 24.3 Å². The fourth-order valence-corrected chi connectivity index (χ4v) is 4.50. The van der Waals surface area contributed by atoms with Gasteiger partial charge in [-0.25, -0.2) is 4.79 Å². The van der Waals surface area contributed by atoms with Gasteiger partial charge in [-0.05, 0) is 93.8 Å². The molecule has 0 unspecified atom stereocenters. The highest BCUT2D eigenvalue weighted by molar-refractivity contribution is 6.18. The van der Waals surface area contributed by atoms with Gasteiger partial charge in [-0.15, -0.1) is 11.6 Å². The number of nitrogens with one attached hydrogen (secondary N) is 3. The molecule has 35 heavy (non-hydrogen) atoms. The van der Waals surface area contributed by atoms with E-state index in [-0.39, 0.29) is 11.9 Å². The van der Waals surface area contributed by atoms with Gasteiger partial charge in [0.1, 0.15) is 0 Å². The molecule has 8 heteroatoms. The van der Waals surface area contributed by atoms with Gasteiger partial charge in [0.15, 0.2) is 0 Å². The molecule has 3 amide bonds. The van der Waals surface area contributed by atoms with Gasteiger partial charge in [0.2, 0.25) is 5.91 Å². The third-order valence-electron chi connectivity index (χ3n) is 6.09. The van der Waals surface area contributed by atoms with Gasteiger partial charge in [0.25, 0.3) is 0 Å². The number of carbonyl (C=O) groups excluding carboxylic acids is 2. The summed E-state index contributed by atoms with van der Waals surface area (Å²) in [6.45, 7) is 7.16. The van der Waals surface area contributed by atoms with Gasteiger partial charge < -0.3 is 25.8 Å². The van der Waals surface area contributed by atoms with Crippen molar-refractivity contribution in [1.82, 2.24) is 4.90 Å². The molecule has 1 aliphatic rings. The number of hydrogen-bond donors (Lipinski definition) is 3. The van der Waals surface area contributed by atoms with Crippen LogP contribution in [0.4, 0.5) is 27.5 Å². The quantitative estimate of drug-likeness (QED) is 0.313. The first kappa shape index (κ1) is 26.8. The Morgan fingerprint density at radius 2 is 1.43 bits per heavy atom. The van der Waals surface area contributed by atoms with Crippen LogP contribution in [0.1, 0.15) is 45.4 Å². The molecule has 7 nitrogen and oxygen atoms in total. The number of halogens is 1. The van der Waals surface area contributed by atoms with E-state index in [9.17, 15) is 9.59 Å². The summed E-state index contributed by atoms with van der Waals surface area (Å²) in [6.07, 6.45) is 6.29. The van der Waals surface area contributed by atoms with Crippen LogP contribution in [0.2, 0.25) is 0 Å². The van der Waals surface area contributed by atoms with Crippen LogP contribution in [-0.4, -0.2) is 55.4 Å². The van der Waals surface area contributed by atoms with Crippen molar-refractivity contribution < 1.29 is 9.59 Å². The minimum Gasteiger partial charge on any atom is -0.370 e. The summed E-state index contributed by atoms with van der Waals surface area (Å²) in [7, 11) is 0. The maximum absolute atomic E-state index is 12.4. The molecule has 190 valence electrons. The Morgan fingerprint density at radius 1 is 0.857 bits per heavy atom. The lowest BCUT2D eigenvalue weighted by Gasteiger charge is -2.26. The van der Waals surface area contributed by atoms with E-state index in [0.717, 1.165) is 56.9 Å². The molecule has 0 aromatic heterocycles. The Hall–Kier alpha value is -2.77. The highest BCUT2D eigenvalue weighted by Crippen LogP contribution is 2.19. The summed E-state index contributed by atoms with van der Waals surface area (Å²) >= 11 is 5.91. The number of likely N-dealkylation sites (tertiary alicyclic amines) is 1. The number of benzene rings is 2. The largest absolute Gasteiger partial charge is 0.370 e. The molecule has 1 saturated heterocycles. The Balaban J connectivity index is 1.40. The summed E-state index contributed by atoms with van der Waals surface area (Å²) in [4.78, 5) is 29.3. The topological polar surface area (TPSA) is 76.7 Å². The van der Waals surface area contributed by atoms with E-state index in [1.165, 1.54) is 19.3 Å². The monoisotopic (exact) mass is 499 g/mol. The maximum atomic E-state index is 12.4. The van der Waals surface area contributed by atoms with Gasteiger partial charge >= 0.3 is 6.03 Å². The number of amides is 3. The molecular formula is C27H38ClN5O2. The van der Waals surface area contributed by atoms with Crippen LogP contribution in [0.3, 0.4) is 0 Å². The van der Waals surface area contributed by atoms with E-state index in [1.54, 1.807) is 24.3 Å². The molecule has 1 heterocycles. The number of carbonyl (C=O) groups is 2. The first-order chi connectivity index (χ1) is 17.1. The molecule has 0 spiro atoms. The van der Waals surface area contributed by atoms with Crippen LogP contribution < -0.4 is 20.9 Å². The van der Waals surface area contributed by atoms with E-state index in [2.05, 4.69) is 32.7 Å². The van der Waals surface area contributed by atoms with E-state index >= 15 is 0 Å². The molecule has 3 rings (SSSR count). The molecule has 0 bridgehead atoms. The molecule has 3 N–H and O–H groups in total. The second-order valence-corrected chi connectivity index (χ2v) is 9.31. The summed E-state index contributed by atoms with van der Waals surface area (Å²) in [5, 5.41) is 8.61. The van der Waals surface area contributed by atoms with E-state index in [4.69, 9.17) is 11.6 Å². The minimum atomic E-state index is -0.321. The summed E-state index contributed by atoms with van der Waals surface area (Å²) in [5.74, 6) is 0.594. The Bertz CT molecular complexity index is 908. The molecule has 0 aliphatic carbocycles. The average molecular weight is 500 g/mol. The second-order valence-electron chi connectivity index (χ2n) is 8.93. The molecule has 1 aliphatic heterocycles. The summed E-state index contributed by atoms with van der Waals surface area (Å²) < 4.78 is 0. The highest BCUT2D eigenvalue weighted by Gasteiger charge is 2.11. The standard InChI is InChI=1S/C27H38ClN5O2/c1-2-17-33(21-16-28)25-14-12-24(13-15-25)31-27(35)30-23-10-8-22(9-11-23)29-26(34)7-6-20-32-18-4-3-5-19-32/h8-15H,2-7,16-21H2,1H3,(H,29,34)(H2,30,31,35). The van der Waals surface area contributed by atoms with Gasteiger partial charge in [-0.2, -0.15) is 0 Å². The van der Waals surface area contributed by atoms with Crippen molar-refractivity contribution >= 4 is 46.3 Å². The lowest BCUT2D eigenvalue weighted by Crippen LogP contribution is -2.31. The summed E-state index contributed by atoms with van der Waals surface area (Å²) in [5.41, 5.74) is 3.17. The Labute approximate surface area is 214 Å². The van der Waals surface area contributed by atoms with Gasteiger partial charge in [0, 0.05) is 48.1 Å². The second kappa shape index (κ2) is 14.6. The fraction of sp³-hybridized carbons (Fsp3) is 0.481. The number of anilines is 4. The normalized spacial score (nSPS) is 13.8. The fourth-order valence-electron chi connectivity index (χ4n) is 4.30. The molecule has 2 aromatic carbocycles. The average Bonchev–Trinajstić information content (AvgIpc) is 2.86. The highest BCUT2D eigenvalue weighted by atomic mass is 35.5. The number of alkyl halides is 1. The number of rotatable bonds is 12. The number of nitrogens with zero attached hydrogens (tertiary/aromatic N) is 2. The van der Waals surface area contributed by atoms with Gasteiger partial charge in [-0.3, -0.25) is 4.79 Å². The predicted octanol–water partition coefficient (Wildman–Crippen LogP) is 5.99. The minimum absolute atomic E-state index is 0.0208. The van der Waals surface area contributed by atoms with Crippen LogP contribution in [0.15, 0.2) is 48.5 Å². The zero-order valence-electron chi connectivity index (χ0n) is 20.7. The van der Waals surface area contributed by atoms with Crippen molar-refractivity contribution in [2.24, 2.45) is 0 Å². The Kier molecular flexibility index (Phi) is 11.2. The zero-order chi connectivity index (χ0) is 24.9. The lowest BCUT2D eigenvalue weighted by atomic mass is 10.1. The molecule has 0 saturated carbocycles. The molecule has 1 fully saturated rings. The van der Waals surface area contributed by atoms with Crippen molar-refractivity contribution in [2.45, 2.75) is 45.4 Å². The van der Waals surface area contributed by atoms with Gasteiger partial charge in [-0.1, -0.05) is 13.3 Å². The van der Waals surface area contributed by atoms with Crippen molar-refractivity contribution in [3.05, 3.63) is 48.5 Å². The number of hydrogen-bond acceptors (Lipinski definition) is 4. The van der Waals surface area contributed by atoms with E-state index < -0.39 is 0 Å². The third-order valence-corrected chi connectivity index (χ3v) is 6.26. The SMILES string of the molecule is CCCN(CCCl)c1ccc(NC(=O)Nc2ccc(NC(=O)CCCN3CCCCC3)cc2)cc1. The first-order valence-electron chi connectivity index (χ1n) is 12.7. The first-order valence-corrected chi connectivity index (χ1v) is 13.2. The molecule has 2 aromatic rings. The molecular weight excluding hydrogens is 462 g/mol. The van der Waals surface area contributed by atoms with E-state index in [0.29, 0.717) is 23.7 Å². The molecule has 0 atom stereocenters. The third kappa shape index (κ3) is 9.42. The Morgan fingerprint density at radius 3 is 2.00 bits per heavy atom. The lowest BCUT2D eigenvalue weighted by molar-refractivity contribution is -0.116.